The molecule has 1 amide bonds. The highest BCUT2D eigenvalue weighted by molar-refractivity contribution is 5.90. The van der Waals surface area contributed by atoms with Gasteiger partial charge in [-0.2, -0.15) is 0 Å². The Morgan fingerprint density at radius 3 is 2.72 bits per heavy atom. The van der Waals surface area contributed by atoms with Crippen LogP contribution in [0.25, 0.3) is 16.0 Å². The fourth-order valence-electron chi connectivity index (χ4n) is 5.73. The summed E-state index contributed by atoms with van der Waals surface area (Å²) >= 11 is 0. The van der Waals surface area contributed by atoms with Crippen molar-refractivity contribution < 1.29 is 18.3 Å². The summed E-state index contributed by atoms with van der Waals surface area (Å²) in [5, 5.41) is 3.31. The fourth-order valence-corrected chi connectivity index (χ4v) is 5.73. The predicted molar refractivity (Wildman–Crippen MR) is 133 cm³/mol. The van der Waals surface area contributed by atoms with Crippen LogP contribution < -0.4 is 10.2 Å². The summed E-state index contributed by atoms with van der Waals surface area (Å²) in [5.41, 5.74) is 2.01. The van der Waals surface area contributed by atoms with Gasteiger partial charge in [-0.15, -0.1) is 0 Å². The van der Waals surface area contributed by atoms with Crippen LogP contribution in [0, 0.1) is 23.6 Å². The van der Waals surface area contributed by atoms with Gasteiger partial charge in [0.2, 0.25) is 5.69 Å². The molecular weight excluding hydrogens is 464 g/mol. The minimum Gasteiger partial charge on any atom is -0.444 e. The smallest absolute Gasteiger partial charge is 0.410 e. The summed E-state index contributed by atoms with van der Waals surface area (Å²) < 4.78 is 34.2. The molecule has 190 valence electrons. The van der Waals surface area contributed by atoms with E-state index in [9.17, 15) is 13.6 Å². The summed E-state index contributed by atoms with van der Waals surface area (Å²) in [6.45, 7) is 18.8. The lowest BCUT2D eigenvalue weighted by atomic mass is 9.74. The number of hydrogen-bond acceptors (Lipinski definition) is 5. The minimum atomic E-state index is -0.685. The van der Waals surface area contributed by atoms with Crippen molar-refractivity contribution in [3.63, 3.8) is 0 Å². The third-order valence-electron chi connectivity index (χ3n) is 7.64. The number of ether oxygens (including phenoxy) is 1. The summed E-state index contributed by atoms with van der Waals surface area (Å²) in [4.78, 5) is 25.2. The summed E-state index contributed by atoms with van der Waals surface area (Å²) in [7, 11) is 0. The highest BCUT2D eigenvalue weighted by Crippen LogP contribution is 2.50. The summed E-state index contributed by atoms with van der Waals surface area (Å²) in [6, 6.07) is 3.53. The van der Waals surface area contributed by atoms with Gasteiger partial charge in [-0.1, -0.05) is 0 Å². The first-order valence-corrected chi connectivity index (χ1v) is 12.4. The molecule has 3 aliphatic rings. The number of fused-ring (bicyclic) bond motifs is 1. The Bertz CT molecular complexity index is 1260. The third-order valence-corrected chi connectivity index (χ3v) is 7.64. The summed E-state index contributed by atoms with van der Waals surface area (Å²) in [6.07, 6.45) is 1.15. The van der Waals surface area contributed by atoms with Crippen molar-refractivity contribution >= 4 is 17.6 Å². The van der Waals surface area contributed by atoms with Crippen LogP contribution in [0.1, 0.15) is 45.4 Å². The van der Waals surface area contributed by atoms with Crippen LogP contribution in [-0.2, 0) is 17.7 Å². The normalized spacial score (nSPS) is 20.6. The third kappa shape index (κ3) is 4.07. The van der Waals surface area contributed by atoms with E-state index in [-0.39, 0.29) is 23.1 Å². The van der Waals surface area contributed by atoms with Gasteiger partial charge in [-0.3, -0.25) is 0 Å². The molecule has 5 rings (SSSR count). The predicted octanol–water partition coefficient (Wildman–Crippen LogP) is 5.06. The molecule has 1 atom stereocenters. The van der Waals surface area contributed by atoms with Crippen LogP contribution in [0.4, 0.5) is 25.1 Å². The van der Waals surface area contributed by atoms with E-state index in [0.717, 1.165) is 23.7 Å². The van der Waals surface area contributed by atoms with Gasteiger partial charge in [0.05, 0.1) is 12.3 Å². The van der Waals surface area contributed by atoms with Crippen molar-refractivity contribution in [1.82, 2.24) is 15.2 Å². The molecule has 0 bridgehead atoms. The number of amides is 1. The molecule has 2 fully saturated rings. The maximum Gasteiger partial charge on any atom is 0.410 e. The average Bonchev–Trinajstić information content (AvgIpc) is 3.13. The topological polar surface area (TPSA) is 62.1 Å². The number of carbonyl (C=O) groups is 1. The van der Waals surface area contributed by atoms with Gasteiger partial charge in [-0.05, 0) is 70.3 Å². The van der Waals surface area contributed by atoms with Crippen LogP contribution in [0.15, 0.2) is 18.2 Å². The zero-order valence-corrected chi connectivity index (χ0v) is 21.1. The van der Waals surface area contributed by atoms with Crippen LogP contribution in [0.2, 0.25) is 0 Å². The second kappa shape index (κ2) is 8.70. The van der Waals surface area contributed by atoms with Gasteiger partial charge >= 0.3 is 6.09 Å². The van der Waals surface area contributed by atoms with Crippen molar-refractivity contribution in [2.75, 3.05) is 31.1 Å². The minimum absolute atomic E-state index is 0.0182. The lowest BCUT2D eigenvalue weighted by molar-refractivity contribution is -0.0355. The maximum atomic E-state index is 15.0. The van der Waals surface area contributed by atoms with Crippen LogP contribution in [0.5, 0.6) is 0 Å². The maximum absolute atomic E-state index is 15.0. The number of aromatic nitrogens is 1. The monoisotopic (exact) mass is 495 g/mol. The van der Waals surface area contributed by atoms with Crippen molar-refractivity contribution in [2.24, 2.45) is 5.41 Å². The zero-order valence-electron chi connectivity index (χ0n) is 21.1. The number of anilines is 1. The van der Waals surface area contributed by atoms with Gasteiger partial charge in [0, 0.05) is 49.3 Å². The van der Waals surface area contributed by atoms with E-state index in [1.807, 2.05) is 20.8 Å². The Kier molecular flexibility index (Phi) is 5.91. The second-order valence-corrected chi connectivity index (χ2v) is 11.1. The van der Waals surface area contributed by atoms with E-state index < -0.39 is 17.2 Å². The Balaban J connectivity index is 1.51. The second-order valence-electron chi connectivity index (χ2n) is 11.1. The molecule has 4 heterocycles. The first-order valence-electron chi connectivity index (χ1n) is 12.4. The molecule has 0 saturated carbocycles. The number of nitrogens with zero attached hydrogens (tertiary/aromatic N) is 4. The lowest BCUT2D eigenvalue weighted by Crippen LogP contribution is -2.63. The molecule has 1 spiro atoms. The van der Waals surface area contributed by atoms with E-state index in [1.165, 1.54) is 12.1 Å². The standard InChI is InChI=1S/C27H31F2N5O2/c1-16-27(14-33(15-27)25(35)36-26(2,3)4)9-11-34(16)24-23(30-5)22(18-7-6-17(28)12-20(18)29)19-8-10-31-13-21(19)32-24/h6-7,12,16,31H,8-11,13-15H2,1-4H3/t16-/m0/s1. The van der Waals surface area contributed by atoms with Crippen LogP contribution >= 0.6 is 0 Å². The Morgan fingerprint density at radius 2 is 2.06 bits per heavy atom. The van der Waals surface area contributed by atoms with Gasteiger partial charge in [0.1, 0.15) is 23.1 Å². The number of rotatable bonds is 2. The number of nitrogens with one attached hydrogen (secondary N) is 1. The molecule has 7 nitrogen and oxygen atoms in total. The largest absolute Gasteiger partial charge is 0.444 e. The van der Waals surface area contributed by atoms with Gasteiger partial charge in [0.25, 0.3) is 0 Å². The number of halogens is 2. The molecule has 1 aromatic carbocycles. The van der Waals surface area contributed by atoms with Crippen LogP contribution in [-0.4, -0.2) is 53.8 Å². The highest BCUT2D eigenvalue weighted by atomic mass is 19.1. The quantitative estimate of drug-likeness (QED) is 0.591. The SMILES string of the molecule is [C-]#[N+]c1c(N2CCC3(CN(C(=O)OC(C)(C)C)C3)[C@@H]2C)nc2c(c1-c1ccc(F)cc1F)CCNC2. The van der Waals surface area contributed by atoms with E-state index in [4.69, 9.17) is 16.3 Å². The molecule has 3 aliphatic heterocycles. The molecule has 0 radical (unpaired) electrons. The molecule has 2 saturated heterocycles. The first-order chi connectivity index (χ1) is 17.0. The molecule has 1 N–H and O–H groups in total. The number of benzene rings is 1. The highest BCUT2D eigenvalue weighted by Gasteiger charge is 2.55. The number of hydrogen-bond donors (Lipinski definition) is 1. The molecule has 9 heteroatoms. The van der Waals surface area contributed by atoms with Crippen molar-refractivity contribution in [2.45, 2.75) is 58.7 Å². The van der Waals surface area contributed by atoms with Crippen molar-refractivity contribution in [3.8, 4) is 11.1 Å². The molecule has 36 heavy (non-hydrogen) atoms. The van der Waals surface area contributed by atoms with Crippen molar-refractivity contribution in [3.05, 3.63) is 52.5 Å². The average molecular weight is 496 g/mol. The van der Waals surface area contributed by atoms with Gasteiger partial charge in [-0.25, -0.2) is 23.4 Å². The Morgan fingerprint density at radius 1 is 1.31 bits per heavy atom. The van der Waals surface area contributed by atoms with Gasteiger partial charge < -0.3 is 19.9 Å². The van der Waals surface area contributed by atoms with E-state index in [2.05, 4.69) is 22.0 Å². The lowest BCUT2D eigenvalue weighted by Gasteiger charge is -2.51. The first kappa shape index (κ1) is 24.4. The molecule has 2 aromatic rings. The number of pyridine rings is 1. The molecule has 0 aliphatic carbocycles. The molecular formula is C27H31F2N5O2. The van der Waals surface area contributed by atoms with Gasteiger partial charge in [0.15, 0.2) is 0 Å². The van der Waals surface area contributed by atoms with E-state index >= 15 is 0 Å². The summed E-state index contributed by atoms with van der Waals surface area (Å²) in [5.74, 6) is -0.804. The van der Waals surface area contributed by atoms with E-state index in [1.54, 1.807) is 4.90 Å². The number of carbonyl (C=O) groups excluding carboxylic acids is 1. The van der Waals surface area contributed by atoms with E-state index in [0.29, 0.717) is 56.2 Å². The zero-order chi connectivity index (χ0) is 25.8. The number of likely N-dealkylation sites (tertiary alicyclic amines) is 1. The van der Waals surface area contributed by atoms with Crippen molar-refractivity contribution in [1.29, 1.82) is 0 Å². The van der Waals surface area contributed by atoms with Crippen LogP contribution in [0.3, 0.4) is 0 Å². The molecule has 1 aromatic heterocycles. The Hall–Kier alpha value is -3.25. The Labute approximate surface area is 210 Å². The molecule has 0 unspecified atom stereocenters. The fraction of sp³-hybridized carbons (Fsp3) is 0.519.